The van der Waals surface area contributed by atoms with Crippen molar-refractivity contribution in [3.8, 4) is 11.5 Å². The molecule has 3 atom stereocenters. The number of H-pyrrole nitrogens is 1. The van der Waals surface area contributed by atoms with Crippen molar-refractivity contribution >= 4 is 16.9 Å². The van der Waals surface area contributed by atoms with E-state index < -0.39 is 6.29 Å². The Balaban J connectivity index is 1.32. The zero-order chi connectivity index (χ0) is 27.7. The van der Waals surface area contributed by atoms with Crippen LogP contribution in [-0.2, 0) is 30.3 Å². The van der Waals surface area contributed by atoms with Crippen LogP contribution in [0.1, 0.15) is 30.7 Å². The molecule has 11 nitrogen and oxygen atoms in total. The average Bonchev–Trinajstić information content (AvgIpc) is 3.62. The van der Waals surface area contributed by atoms with Crippen LogP contribution in [0.3, 0.4) is 0 Å². The van der Waals surface area contributed by atoms with Crippen molar-refractivity contribution in [2.24, 2.45) is 5.92 Å². The van der Waals surface area contributed by atoms with Gasteiger partial charge < -0.3 is 43.8 Å². The molecule has 214 valence electrons. The molecule has 3 aromatic rings. The summed E-state index contributed by atoms with van der Waals surface area (Å²) in [6.07, 6.45) is 1.80. The Bertz CT molecular complexity index is 1280. The third-order valence-corrected chi connectivity index (χ3v) is 6.78. The second-order valence-electron chi connectivity index (χ2n) is 9.40. The van der Waals surface area contributed by atoms with E-state index in [-0.39, 0.29) is 50.1 Å². The van der Waals surface area contributed by atoms with E-state index in [1.165, 1.54) is 0 Å². The second kappa shape index (κ2) is 13.6. The van der Waals surface area contributed by atoms with E-state index >= 15 is 0 Å². The zero-order valence-electron chi connectivity index (χ0n) is 22.5. The summed E-state index contributed by atoms with van der Waals surface area (Å²) in [6.45, 7) is 4.22. The number of allylic oxidation sites excluding steroid dienone is 1. The largest absolute Gasteiger partial charge is 0.459 e. The Labute approximate surface area is 232 Å². The number of rotatable bonds is 14. The Morgan fingerprint density at radius 3 is 2.75 bits per heavy atom. The fourth-order valence-corrected chi connectivity index (χ4v) is 4.88. The maximum Gasteiger partial charge on any atom is 0.286 e. The topological polar surface area (TPSA) is 133 Å². The first kappa shape index (κ1) is 27.9. The Kier molecular flexibility index (Phi) is 9.50. The number of fused-ring (bicyclic) bond motifs is 2. The number of aliphatic hydroxyl groups excluding tert-OH is 1. The van der Waals surface area contributed by atoms with E-state index in [0.717, 1.165) is 16.6 Å². The molecule has 2 aliphatic rings. The summed E-state index contributed by atoms with van der Waals surface area (Å²) >= 11 is 0. The van der Waals surface area contributed by atoms with Crippen molar-refractivity contribution in [2.45, 2.75) is 32.1 Å². The number of nitrogens with zero attached hydrogens (tertiary/aromatic N) is 1. The molecule has 2 aromatic carbocycles. The van der Waals surface area contributed by atoms with Gasteiger partial charge in [-0.05, 0) is 49.2 Å². The summed E-state index contributed by atoms with van der Waals surface area (Å²) in [6, 6.07) is 13.5. The first-order valence-electron chi connectivity index (χ1n) is 13.5. The quantitative estimate of drug-likeness (QED) is 0.258. The number of carbonyl (C=O) groups is 1. The number of nitrogens with one attached hydrogen (secondary N) is 2. The molecular formula is C29H35N3O8. The maximum atomic E-state index is 13.3. The van der Waals surface area contributed by atoms with Crippen LogP contribution in [0.15, 0.2) is 54.3 Å². The lowest BCUT2D eigenvalue weighted by Crippen LogP contribution is -2.39. The first-order chi connectivity index (χ1) is 19.7. The van der Waals surface area contributed by atoms with E-state index in [1.54, 1.807) is 0 Å². The van der Waals surface area contributed by atoms with Gasteiger partial charge in [-0.3, -0.25) is 4.79 Å². The molecule has 1 amide bonds. The Morgan fingerprint density at radius 1 is 1.10 bits per heavy atom. The lowest BCUT2D eigenvalue weighted by molar-refractivity contribution is -0.168. The third kappa shape index (κ3) is 6.73. The highest BCUT2D eigenvalue weighted by atomic mass is 16.7. The lowest BCUT2D eigenvalue weighted by atomic mass is 9.81. The van der Waals surface area contributed by atoms with Crippen LogP contribution in [0.2, 0.25) is 0 Å². The van der Waals surface area contributed by atoms with Crippen LogP contribution in [0.4, 0.5) is 0 Å². The predicted octanol–water partition coefficient (Wildman–Crippen LogP) is 3.00. The predicted molar refractivity (Wildman–Crippen MR) is 145 cm³/mol. The number of aliphatic hydroxyl groups is 1. The monoisotopic (exact) mass is 553 g/mol. The highest BCUT2D eigenvalue weighted by molar-refractivity contribution is 5.91. The standard InChI is InChI=1S/C29H35N3O8/c1-2-37-29-20(9-11-35-13-14-36-12-10-33)21(19-7-8-24-25(15-19)39-18-38-24)16-26(40-29)28(34)30-17-27-31-22-5-3-4-6-23(22)32-27/h3-8,15-16,20-21,29,33H,2,9-14,17-18H2,1H3,(H,30,34)(H,31,32)/t20-,21+,29+/m1/s1. The number of hydrogen-bond acceptors (Lipinski definition) is 9. The number of amides is 1. The van der Waals surface area contributed by atoms with Gasteiger partial charge in [-0.25, -0.2) is 4.98 Å². The summed E-state index contributed by atoms with van der Waals surface area (Å²) < 4.78 is 34.3. The SMILES string of the molecule is CCO[C@H]1OC(C(=O)NCc2nc3ccccc3[nH]2)=C[C@@H](c2ccc3c(c2)OCO3)[C@H]1CCOCCOCCO. The van der Waals surface area contributed by atoms with Crippen LogP contribution >= 0.6 is 0 Å². The molecule has 3 heterocycles. The van der Waals surface area contributed by atoms with Crippen LogP contribution in [0.25, 0.3) is 11.0 Å². The molecule has 2 aliphatic heterocycles. The van der Waals surface area contributed by atoms with Crippen molar-refractivity contribution in [3.63, 3.8) is 0 Å². The number of ether oxygens (including phenoxy) is 6. The van der Waals surface area contributed by atoms with Crippen molar-refractivity contribution in [1.82, 2.24) is 15.3 Å². The highest BCUT2D eigenvalue weighted by Crippen LogP contribution is 2.42. The molecular weight excluding hydrogens is 518 g/mol. The van der Waals surface area contributed by atoms with E-state index in [4.69, 9.17) is 33.5 Å². The molecule has 0 fully saturated rings. The second-order valence-corrected chi connectivity index (χ2v) is 9.40. The minimum atomic E-state index is -0.661. The maximum absolute atomic E-state index is 13.3. The van der Waals surface area contributed by atoms with Gasteiger partial charge >= 0.3 is 0 Å². The molecule has 0 saturated heterocycles. The van der Waals surface area contributed by atoms with Crippen molar-refractivity contribution in [1.29, 1.82) is 0 Å². The number of hydrogen-bond donors (Lipinski definition) is 3. The molecule has 0 bridgehead atoms. The van der Waals surface area contributed by atoms with Crippen LogP contribution in [0, 0.1) is 5.92 Å². The smallest absolute Gasteiger partial charge is 0.286 e. The van der Waals surface area contributed by atoms with Crippen molar-refractivity contribution in [2.75, 3.05) is 46.4 Å². The van der Waals surface area contributed by atoms with Crippen molar-refractivity contribution < 1.29 is 38.3 Å². The van der Waals surface area contributed by atoms with Gasteiger partial charge in [0, 0.05) is 25.0 Å². The Morgan fingerprint density at radius 2 is 1.93 bits per heavy atom. The number of carbonyl (C=O) groups excluding carboxylic acids is 1. The molecule has 0 saturated carbocycles. The van der Waals surface area contributed by atoms with Crippen LogP contribution < -0.4 is 14.8 Å². The Hall–Kier alpha value is -3.64. The number of para-hydroxylation sites is 2. The molecule has 0 unspecified atom stereocenters. The number of aromatic amines is 1. The molecule has 0 radical (unpaired) electrons. The van der Waals surface area contributed by atoms with Gasteiger partial charge in [-0.1, -0.05) is 18.2 Å². The van der Waals surface area contributed by atoms with Gasteiger partial charge in [0.2, 0.25) is 13.1 Å². The summed E-state index contributed by atoms with van der Waals surface area (Å²) in [5.41, 5.74) is 2.70. The lowest BCUT2D eigenvalue weighted by Gasteiger charge is -2.37. The van der Waals surface area contributed by atoms with Gasteiger partial charge in [0.25, 0.3) is 5.91 Å². The molecule has 0 spiro atoms. The summed E-state index contributed by atoms with van der Waals surface area (Å²) in [5.74, 6) is 1.49. The van der Waals surface area contributed by atoms with E-state index in [1.807, 2.05) is 55.5 Å². The molecule has 0 aliphatic carbocycles. The molecule has 1 aromatic heterocycles. The van der Waals surface area contributed by atoms with Gasteiger partial charge in [-0.2, -0.15) is 0 Å². The number of benzene rings is 2. The van der Waals surface area contributed by atoms with Gasteiger partial charge in [-0.15, -0.1) is 0 Å². The average molecular weight is 554 g/mol. The van der Waals surface area contributed by atoms with Gasteiger partial charge in [0.05, 0.1) is 44.0 Å². The van der Waals surface area contributed by atoms with Gasteiger partial charge in [0.1, 0.15) is 5.82 Å². The van der Waals surface area contributed by atoms with E-state index in [0.29, 0.717) is 50.2 Å². The molecule has 5 rings (SSSR count). The summed E-state index contributed by atoms with van der Waals surface area (Å²) in [7, 11) is 0. The summed E-state index contributed by atoms with van der Waals surface area (Å²) in [5, 5.41) is 11.8. The van der Waals surface area contributed by atoms with Crippen molar-refractivity contribution in [3.05, 3.63) is 65.7 Å². The first-order valence-corrected chi connectivity index (χ1v) is 13.5. The van der Waals surface area contributed by atoms with E-state index in [2.05, 4.69) is 15.3 Å². The zero-order valence-corrected chi connectivity index (χ0v) is 22.5. The molecule has 40 heavy (non-hydrogen) atoms. The fraction of sp³-hybridized carbons (Fsp3) is 0.448. The minimum Gasteiger partial charge on any atom is -0.459 e. The van der Waals surface area contributed by atoms with Crippen LogP contribution in [0.5, 0.6) is 11.5 Å². The third-order valence-electron chi connectivity index (χ3n) is 6.78. The van der Waals surface area contributed by atoms with Gasteiger partial charge in [0.15, 0.2) is 17.3 Å². The molecule has 11 heteroatoms. The van der Waals surface area contributed by atoms with Crippen LogP contribution in [-0.4, -0.2) is 73.7 Å². The minimum absolute atomic E-state index is 0.0207. The molecule has 3 N–H and O–H groups in total. The highest BCUT2D eigenvalue weighted by Gasteiger charge is 2.38. The number of imidazole rings is 1. The normalized spacial score (nSPS) is 19.9. The fourth-order valence-electron chi connectivity index (χ4n) is 4.88. The number of aromatic nitrogens is 2. The summed E-state index contributed by atoms with van der Waals surface area (Å²) in [4.78, 5) is 21.0. The van der Waals surface area contributed by atoms with E-state index in [9.17, 15) is 4.79 Å².